The number of methoxy groups -OCH3 is 1. The Morgan fingerprint density at radius 2 is 2.10 bits per heavy atom. The lowest BCUT2D eigenvalue weighted by atomic mass is 10.4. The molecule has 0 atom stereocenters. The molecule has 0 aliphatic heterocycles. The molecule has 0 N–H and O–H groups in total. The second-order valence-corrected chi connectivity index (χ2v) is 1.69. The molecule has 0 aromatic carbocycles. The second-order valence-electron chi connectivity index (χ2n) is 1.69. The number of hydrogen-bond acceptors (Lipinski definition) is 2. The smallest absolute Gasteiger partial charge is 0.139 e. The number of hydrogen-bond donors (Lipinski definition) is 0. The highest BCUT2D eigenvalue weighted by Crippen LogP contribution is 2.07. The second kappa shape index (κ2) is 4.79. The molecular weight excluding hydrogens is 126 g/mol. The summed E-state index contributed by atoms with van der Waals surface area (Å²) >= 11 is 0. The van der Waals surface area contributed by atoms with E-state index in [0.29, 0.717) is 5.70 Å². The lowest BCUT2D eigenvalue weighted by Gasteiger charge is -2.02. The molecular formula is C8H13NO. The molecule has 0 saturated heterocycles. The van der Waals surface area contributed by atoms with Crippen LogP contribution in [0.2, 0.25) is 0 Å². The van der Waals surface area contributed by atoms with Crippen molar-refractivity contribution >= 4 is 6.21 Å². The summed E-state index contributed by atoms with van der Waals surface area (Å²) in [5, 5.41) is 0. The molecule has 2 nitrogen and oxygen atoms in total. The van der Waals surface area contributed by atoms with Crippen molar-refractivity contribution in [1.29, 1.82) is 0 Å². The molecule has 0 fully saturated rings. The van der Waals surface area contributed by atoms with Gasteiger partial charge in [-0.2, -0.15) is 0 Å². The van der Waals surface area contributed by atoms with E-state index >= 15 is 0 Å². The Labute approximate surface area is 61.9 Å². The van der Waals surface area contributed by atoms with Gasteiger partial charge < -0.3 is 4.74 Å². The minimum Gasteiger partial charge on any atom is -0.495 e. The SMILES string of the molecule is C=C(N=CC)/C(=C\C)OC. The molecule has 0 heterocycles. The number of nitrogens with zero attached hydrogens (tertiary/aromatic N) is 1. The van der Waals surface area contributed by atoms with E-state index in [2.05, 4.69) is 11.6 Å². The zero-order chi connectivity index (χ0) is 7.98. The van der Waals surface area contributed by atoms with Crippen molar-refractivity contribution < 1.29 is 4.74 Å². The van der Waals surface area contributed by atoms with Crippen molar-refractivity contribution in [3.63, 3.8) is 0 Å². The molecule has 0 aromatic rings. The largest absolute Gasteiger partial charge is 0.495 e. The average molecular weight is 139 g/mol. The molecule has 10 heavy (non-hydrogen) atoms. The fourth-order valence-electron chi connectivity index (χ4n) is 0.622. The summed E-state index contributed by atoms with van der Waals surface area (Å²) in [6.07, 6.45) is 3.51. The lowest BCUT2D eigenvalue weighted by Crippen LogP contribution is -1.87. The summed E-state index contributed by atoms with van der Waals surface area (Å²) in [5.74, 6) is 0.720. The predicted octanol–water partition coefficient (Wildman–Crippen LogP) is 2.14. The Bertz CT molecular complexity index is 168. The summed E-state index contributed by atoms with van der Waals surface area (Å²) in [7, 11) is 1.60. The number of ether oxygens (including phenoxy) is 1. The quantitative estimate of drug-likeness (QED) is 0.333. The van der Waals surface area contributed by atoms with Gasteiger partial charge in [0.25, 0.3) is 0 Å². The third-order valence-electron chi connectivity index (χ3n) is 1.05. The maximum atomic E-state index is 4.96. The minimum atomic E-state index is 0.660. The van der Waals surface area contributed by atoms with Crippen LogP contribution >= 0.6 is 0 Å². The summed E-state index contributed by atoms with van der Waals surface area (Å²) in [6, 6.07) is 0. The first-order chi connectivity index (χ1) is 4.76. The molecule has 0 spiro atoms. The van der Waals surface area contributed by atoms with Crippen molar-refractivity contribution in [2.24, 2.45) is 4.99 Å². The first-order valence-corrected chi connectivity index (χ1v) is 3.14. The highest BCUT2D eigenvalue weighted by molar-refractivity contribution is 5.56. The predicted molar refractivity (Wildman–Crippen MR) is 44.1 cm³/mol. The first-order valence-electron chi connectivity index (χ1n) is 3.14. The van der Waals surface area contributed by atoms with Crippen LogP contribution in [0, 0.1) is 0 Å². The molecule has 0 aliphatic carbocycles. The molecule has 56 valence electrons. The van der Waals surface area contributed by atoms with Gasteiger partial charge in [0.05, 0.1) is 12.8 Å². The molecule has 0 aromatic heterocycles. The Kier molecular flexibility index (Phi) is 4.29. The standard InChI is InChI=1S/C8H13NO/c1-5-8(10-4)7(3)9-6-2/h5-6H,3H2,1-2,4H3/b8-5+,9-6?. The normalized spacial score (nSPS) is 12.1. The third-order valence-corrected chi connectivity index (χ3v) is 1.05. The molecule has 0 radical (unpaired) electrons. The van der Waals surface area contributed by atoms with Gasteiger partial charge in [-0.05, 0) is 19.9 Å². The van der Waals surface area contributed by atoms with Crippen LogP contribution in [0.4, 0.5) is 0 Å². The van der Waals surface area contributed by atoms with E-state index in [1.807, 2.05) is 19.9 Å². The topological polar surface area (TPSA) is 21.6 Å². The van der Waals surface area contributed by atoms with Gasteiger partial charge in [-0.15, -0.1) is 0 Å². The Morgan fingerprint density at radius 1 is 1.50 bits per heavy atom. The maximum Gasteiger partial charge on any atom is 0.139 e. The zero-order valence-electron chi connectivity index (χ0n) is 6.72. The Balaban J connectivity index is 4.18. The van der Waals surface area contributed by atoms with Gasteiger partial charge in [0.1, 0.15) is 5.76 Å². The maximum absolute atomic E-state index is 4.96. The van der Waals surface area contributed by atoms with Gasteiger partial charge >= 0.3 is 0 Å². The zero-order valence-corrected chi connectivity index (χ0v) is 6.72. The molecule has 0 bridgehead atoms. The van der Waals surface area contributed by atoms with Crippen LogP contribution in [0.1, 0.15) is 13.8 Å². The van der Waals surface area contributed by atoms with E-state index in [0.717, 1.165) is 5.76 Å². The summed E-state index contributed by atoms with van der Waals surface area (Å²) in [6.45, 7) is 7.42. The number of rotatable bonds is 3. The Hall–Kier alpha value is -1.05. The van der Waals surface area contributed by atoms with Gasteiger partial charge in [0, 0.05) is 6.21 Å². The average Bonchev–Trinajstić information content (AvgIpc) is 1.91. The minimum absolute atomic E-state index is 0.660. The lowest BCUT2D eigenvalue weighted by molar-refractivity contribution is 0.299. The van der Waals surface area contributed by atoms with Crippen LogP contribution < -0.4 is 0 Å². The molecule has 0 aliphatic rings. The third kappa shape index (κ3) is 2.49. The van der Waals surface area contributed by atoms with Crippen molar-refractivity contribution in [3.8, 4) is 0 Å². The highest BCUT2D eigenvalue weighted by atomic mass is 16.5. The first kappa shape index (κ1) is 8.95. The molecule has 0 amide bonds. The van der Waals surface area contributed by atoms with Gasteiger partial charge in [0.2, 0.25) is 0 Å². The van der Waals surface area contributed by atoms with Crippen molar-refractivity contribution in [2.45, 2.75) is 13.8 Å². The molecule has 2 heteroatoms. The highest BCUT2D eigenvalue weighted by Gasteiger charge is 1.95. The van der Waals surface area contributed by atoms with E-state index in [9.17, 15) is 0 Å². The van der Waals surface area contributed by atoms with E-state index < -0.39 is 0 Å². The number of aliphatic imine (C=N–C) groups is 1. The number of allylic oxidation sites excluding steroid dienone is 1. The molecule has 0 rings (SSSR count). The molecule has 0 saturated carbocycles. The Morgan fingerprint density at radius 3 is 2.40 bits per heavy atom. The van der Waals surface area contributed by atoms with Crippen LogP contribution in [0.25, 0.3) is 0 Å². The van der Waals surface area contributed by atoms with Crippen molar-refractivity contribution in [2.75, 3.05) is 7.11 Å². The van der Waals surface area contributed by atoms with Gasteiger partial charge in [0.15, 0.2) is 0 Å². The van der Waals surface area contributed by atoms with E-state index in [4.69, 9.17) is 4.74 Å². The van der Waals surface area contributed by atoms with Crippen LogP contribution in [0.5, 0.6) is 0 Å². The van der Waals surface area contributed by atoms with Crippen molar-refractivity contribution in [1.82, 2.24) is 0 Å². The van der Waals surface area contributed by atoms with E-state index in [1.54, 1.807) is 13.3 Å². The van der Waals surface area contributed by atoms with Crippen LogP contribution in [-0.4, -0.2) is 13.3 Å². The van der Waals surface area contributed by atoms with Gasteiger partial charge in [-0.25, -0.2) is 0 Å². The van der Waals surface area contributed by atoms with Crippen molar-refractivity contribution in [3.05, 3.63) is 24.1 Å². The summed E-state index contributed by atoms with van der Waals surface area (Å²) < 4.78 is 4.96. The van der Waals surface area contributed by atoms with E-state index in [-0.39, 0.29) is 0 Å². The fourth-order valence-corrected chi connectivity index (χ4v) is 0.622. The monoisotopic (exact) mass is 139 g/mol. The van der Waals surface area contributed by atoms with Gasteiger partial charge in [-0.3, -0.25) is 4.99 Å². The van der Waals surface area contributed by atoms with Crippen LogP contribution in [0.15, 0.2) is 29.1 Å². The molecule has 0 unspecified atom stereocenters. The summed E-state index contributed by atoms with van der Waals surface area (Å²) in [5.41, 5.74) is 0.660. The van der Waals surface area contributed by atoms with Gasteiger partial charge in [-0.1, -0.05) is 6.58 Å². The van der Waals surface area contributed by atoms with E-state index in [1.165, 1.54) is 0 Å². The van der Waals surface area contributed by atoms with Crippen LogP contribution in [-0.2, 0) is 4.74 Å². The van der Waals surface area contributed by atoms with Crippen LogP contribution in [0.3, 0.4) is 0 Å². The fraction of sp³-hybridized carbons (Fsp3) is 0.375. The summed E-state index contributed by atoms with van der Waals surface area (Å²) in [4.78, 5) is 3.95.